The zero-order valence-electron chi connectivity index (χ0n) is 12.0. The Labute approximate surface area is 121 Å². The van der Waals surface area contributed by atoms with Gasteiger partial charge in [0, 0.05) is 24.6 Å². The van der Waals surface area contributed by atoms with Gasteiger partial charge in [-0.3, -0.25) is 24.5 Å². The van der Waals surface area contributed by atoms with Gasteiger partial charge in [-0.1, -0.05) is 19.9 Å². The second kappa shape index (κ2) is 4.87. The number of ketones is 3. The van der Waals surface area contributed by atoms with E-state index in [1.165, 1.54) is 12.1 Å². The molecular formula is C15H15NO5. The van der Waals surface area contributed by atoms with Gasteiger partial charge < -0.3 is 0 Å². The molecule has 6 nitrogen and oxygen atoms in total. The lowest BCUT2D eigenvalue weighted by atomic mass is 9.66. The Morgan fingerprint density at radius 1 is 1.33 bits per heavy atom. The van der Waals surface area contributed by atoms with Gasteiger partial charge in [-0.2, -0.15) is 0 Å². The monoisotopic (exact) mass is 289 g/mol. The number of benzene rings is 1. The van der Waals surface area contributed by atoms with E-state index in [0.717, 1.165) is 6.92 Å². The number of Topliss-reactive ketones (excluding diaryl/α,β-unsaturated/α-hetero) is 3. The lowest BCUT2D eigenvalue weighted by Crippen LogP contribution is -2.40. The van der Waals surface area contributed by atoms with E-state index in [2.05, 4.69) is 0 Å². The minimum atomic E-state index is -1.05. The molecule has 0 fully saturated rings. The summed E-state index contributed by atoms with van der Waals surface area (Å²) in [6, 6.07) is 4.10. The summed E-state index contributed by atoms with van der Waals surface area (Å²) < 4.78 is 0. The van der Waals surface area contributed by atoms with Crippen molar-refractivity contribution in [3.8, 4) is 0 Å². The van der Waals surface area contributed by atoms with E-state index in [4.69, 9.17) is 0 Å². The van der Waals surface area contributed by atoms with Crippen LogP contribution in [0.5, 0.6) is 0 Å². The van der Waals surface area contributed by atoms with Crippen molar-refractivity contribution in [3.05, 3.63) is 39.4 Å². The first-order valence-electron chi connectivity index (χ1n) is 6.53. The zero-order valence-corrected chi connectivity index (χ0v) is 12.0. The second-order valence-corrected chi connectivity index (χ2v) is 5.91. The molecule has 0 amide bonds. The molecule has 0 bridgehead atoms. The molecule has 1 aromatic rings. The fourth-order valence-corrected chi connectivity index (χ4v) is 2.80. The predicted octanol–water partition coefficient (Wildman–Crippen LogP) is 2.23. The first-order chi connectivity index (χ1) is 9.65. The SMILES string of the molecule is CC(=O)C(=O)C1CC(C)(C)c2ccc([N+](=O)[O-])cc2C1=O. The van der Waals surface area contributed by atoms with Crippen LogP contribution >= 0.6 is 0 Å². The Hall–Kier alpha value is -2.37. The minimum absolute atomic E-state index is 0.167. The Morgan fingerprint density at radius 3 is 2.48 bits per heavy atom. The highest BCUT2D eigenvalue weighted by Gasteiger charge is 2.43. The smallest absolute Gasteiger partial charge is 0.270 e. The topological polar surface area (TPSA) is 94.3 Å². The van der Waals surface area contributed by atoms with Gasteiger partial charge >= 0.3 is 0 Å². The summed E-state index contributed by atoms with van der Waals surface area (Å²) in [5.74, 6) is -2.96. The highest BCUT2D eigenvalue weighted by molar-refractivity contribution is 6.41. The maximum absolute atomic E-state index is 12.4. The van der Waals surface area contributed by atoms with Gasteiger partial charge in [0.2, 0.25) is 5.78 Å². The zero-order chi connectivity index (χ0) is 15.9. The van der Waals surface area contributed by atoms with Crippen molar-refractivity contribution >= 4 is 23.0 Å². The Morgan fingerprint density at radius 2 is 1.95 bits per heavy atom. The molecule has 0 N–H and O–H groups in total. The fraction of sp³-hybridized carbons (Fsp3) is 0.400. The van der Waals surface area contributed by atoms with E-state index < -0.39 is 33.6 Å². The number of rotatable bonds is 3. The molecule has 2 rings (SSSR count). The van der Waals surface area contributed by atoms with Gasteiger partial charge in [0.05, 0.1) is 10.8 Å². The van der Waals surface area contributed by atoms with Crippen LogP contribution in [0.3, 0.4) is 0 Å². The Balaban J connectivity index is 2.59. The molecule has 0 saturated carbocycles. The molecule has 0 saturated heterocycles. The molecule has 0 aromatic heterocycles. The largest absolute Gasteiger partial charge is 0.293 e. The number of nitrogens with zero attached hydrogens (tertiary/aromatic N) is 1. The summed E-state index contributed by atoms with van der Waals surface area (Å²) in [7, 11) is 0. The third-order valence-electron chi connectivity index (χ3n) is 3.90. The minimum Gasteiger partial charge on any atom is -0.293 e. The van der Waals surface area contributed by atoms with Crippen molar-refractivity contribution in [3.63, 3.8) is 0 Å². The van der Waals surface area contributed by atoms with E-state index in [1.54, 1.807) is 6.07 Å². The molecular weight excluding hydrogens is 274 g/mol. The van der Waals surface area contributed by atoms with Gasteiger partial charge in [-0.15, -0.1) is 0 Å². The molecule has 1 aliphatic carbocycles. The van der Waals surface area contributed by atoms with Gasteiger partial charge in [0.1, 0.15) is 0 Å². The van der Waals surface area contributed by atoms with Crippen molar-refractivity contribution in [1.82, 2.24) is 0 Å². The molecule has 0 radical (unpaired) electrons. The third-order valence-corrected chi connectivity index (χ3v) is 3.90. The molecule has 6 heteroatoms. The van der Waals surface area contributed by atoms with E-state index >= 15 is 0 Å². The van der Waals surface area contributed by atoms with Crippen LogP contribution in [0.2, 0.25) is 0 Å². The number of hydrogen-bond acceptors (Lipinski definition) is 5. The molecule has 1 atom stereocenters. The lowest BCUT2D eigenvalue weighted by Gasteiger charge is -2.35. The molecule has 0 heterocycles. The lowest BCUT2D eigenvalue weighted by molar-refractivity contribution is -0.384. The molecule has 21 heavy (non-hydrogen) atoms. The van der Waals surface area contributed by atoms with Gasteiger partial charge in [0.25, 0.3) is 5.69 Å². The summed E-state index contributed by atoms with van der Waals surface area (Å²) in [5.41, 5.74) is 0.133. The van der Waals surface area contributed by atoms with E-state index in [1.807, 2.05) is 13.8 Å². The van der Waals surface area contributed by atoms with Crippen LogP contribution in [0.25, 0.3) is 0 Å². The summed E-state index contributed by atoms with van der Waals surface area (Å²) in [6.45, 7) is 4.83. The van der Waals surface area contributed by atoms with Gasteiger partial charge in [-0.05, 0) is 17.4 Å². The van der Waals surface area contributed by atoms with Crippen molar-refractivity contribution in [2.45, 2.75) is 32.6 Å². The van der Waals surface area contributed by atoms with Crippen LogP contribution in [0.1, 0.15) is 43.1 Å². The first kappa shape index (κ1) is 15.0. The molecule has 0 spiro atoms. The molecule has 1 aliphatic rings. The van der Waals surface area contributed by atoms with Crippen LogP contribution in [-0.4, -0.2) is 22.3 Å². The van der Waals surface area contributed by atoms with Crippen LogP contribution in [0.4, 0.5) is 5.69 Å². The molecule has 1 aromatic carbocycles. The number of non-ortho nitro benzene ring substituents is 1. The van der Waals surface area contributed by atoms with Crippen LogP contribution in [0.15, 0.2) is 18.2 Å². The number of nitro benzene ring substituents is 1. The summed E-state index contributed by atoms with van der Waals surface area (Å²) in [5, 5.41) is 10.9. The summed E-state index contributed by atoms with van der Waals surface area (Å²) >= 11 is 0. The maximum atomic E-state index is 12.4. The number of carbonyl (C=O) groups excluding carboxylic acids is 3. The average Bonchev–Trinajstić information content (AvgIpc) is 2.41. The van der Waals surface area contributed by atoms with Crippen LogP contribution < -0.4 is 0 Å². The van der Waals surface area contributed by atoms with E-state index in [9.17, 15) is 24.5 Å². The van der Waals surface area contributed by atoms with Crippen molar-refractivity contribution in [2.75, 3.05) is 0 Å². The van der Waals surface area contributed by atoms with E-state index in [-0.39, 0.29) is 17.7 Å². The number of carbonyl (C=O) groups is 3. The van der Waals surface area contributed by atoms with Crippen molar-refractivity contribution in [1.29, 1.82) is 0 Å². The Kier molecular flexibility index (Phi) is 3.49. The molecule has 1 unspecified atom stereocenters. The van der Waals surface area contributed by atoms with Crippen molar-refractivity contribution < 1.29 is 19.3 Å². The average molecular weight is 289 g/mol. The quantitative estimate of drug-likeness (QED) is 0.368. The highest BCUT2D eigenvalue weighted by atomic mass is 16.6. The third kappa shape index (κ3) is 2.49. The maximum Gasteiger partial charge on any atom is 0.270 e. The number of nitro groups is 1. The number of fused-ring (bicyclic) bond motifs is 1. The predicted molar refractivity (Wildman–Crippen MR) is 74.2 cm³/mol. The highest BCUT2D eigenvalue weighted by Crippen LogP contribution is 2.41. The van der Waals surface area contributed by atoms with Gasteiger partial charge in [0.15, 0.2) is 11.6 Å². The standard InChI is InChI=1S/C15H15NO5/c1-8(17)13(18)11-7-15(2,3)12-5-4-9(16(20)21)6-10(12)14(11)19/h4-6,11H,7H2,1-3H3. The normalized spacial score (nSPS) is 19.8. The Bertz CT molecular complexity index is 675. The van der Waals surface area contributed by atoms with Gasteiger partial charge in [-0.25, -0.2) is 0 Å². The fourth-order valence-electron chi connectivity index (χ4n) is 2.80. The number of hydrogen-bond donors (Lipinski definition) is 0. The summed E-state index contributed by atoms with van der Waals surface area (Å²) in [6.07, 6.45) is 0.231. The van der Waals surface area contributed by atoms with Crippen LogP contribution in [-0.2, 0) is 15.0 Å². The molecule has 0 aliphatic heterocycles. The second-order valence-electron chi connectivity index (χ2n) is 5.91. The van der Waals surface area contributed by atoms with Crippen molar-refractivity contribution in [2.24, 2.45) is 5.92 Å². The summed E-state index contributed by atoms with van der Waals surface area (Å²) in [4.78, 5) is 45.9. The van der Waals surface area contributed by atoms with E-state index in [0.29, 0.717) is 5.56 Å². The first-order valence-corrected chi connectivity index (χ1v) is 6.53. The molecule has 110 valence electrons. The van der Waals surface area contributed by atoms with Crippen LogP contribution in [0, 0.1) is 16.0 Å².